The Labute approximate surface area is 152 Å². The smallest absolute Gasteiger partial charge is 0.410 e. The van der Waals surface area contributed by atoms with Crippen molar-refractivity contribution in [3.05, 3.63) is 34.1 Å². The van der Waals surface area contributed by atoms with Gasteiger partial charge in [0, 0.05) is 25.7 Å². The first-order chi connectivity index (χ1) is 11.2. The molecule has 0 radical (unpaired) electrons. The minimum atomic E-state index is -0.462. The number of carbonyl (C=O) groups is 1. The topological polar surface area (TPSA) is 32.8 Å². The van der Waals surface area contributed by atoms with E-state index in [4.69, 9.17) is 4.74 Å². The molecule has 0 atom stereocenters. The maximum atomic E-state index is 13.6. The number of hydrogen-bond donors (Lipinski definition) is 0. The van der Waals surface area contributed by atoms with Gasteiger partial charge >= 0.3 is 6.09 Å². The fourth-order valence-corrected chi connectivity index (χ4v) is 3.12. The molecule has 134 valence electrons. The first kappa shape index (κ1) is 19.2. The highest BCUT2D eigenvalue weighted by Crippen LogP contribution is 2.21. The molecule has 1 heterocycles. The summed E-state index contributed by atoms with van der Waals surface area (Å²) in [5, 5.41) is 0. The van der Waals surface area contributed by atoms with Gasteiger partial charge in [-0.05, 0) is 74.3 Å². The molecule has 0 spiro atoms. The molecule has 0 unspecified atom stereocenters. The zero-order valence-corrected chi connectivity index (χ0v) is 16.4. The fraction of sp³-hybridized carbons (Fsp3) is 0.611. The van der Waals surface area contributed by atoms with E-state index in [0.29, 0.717) is 30.1 Å². The summed E-state index contributed by atoms with van der Waals surface area (Å²) < 4.78 is 19.5. The molecule has 0 N–H and O–H groups in total. The Morgan fingerprint density at radius 1 is 1.38 bits per heavy atom. The summed E-state index contributed by atoms with van der Waals surface area (Å²) in [5.41, 5.74) is 0.490. The van der Waals surface area contributed by atoms with Crippen molar-refractivity contribution in [3.63, 3.8) is 0 Å². The normalized spacial score (nSPS) is 16.5. The lowest BCUT2D eigenvalue weighted by Gasteiger charge is -2.37. The van der Waals surface area contributed by atoms with E-state index in [-0.39, 0.29) is 11.9 Å². The second-order valence-electron chi connectivity index (χ2n) is 7.36. The Morgan fingerprint density at radius 2 is 2.00 bits per heavy atom. The van der Waals surface area contributed by atoms with Crippen LogP contribution >= 0.6 is 15.9 Å². The average Bonchev–Trinajstić information content (AvgIpc) is 2.49. The number of rotatable bonds is 3. The van der Waals surface area contributed by atoms with Gasteiger partial charge in [-0.15, -0.1) is 0 Å². The summed E-state index contributed by atoms with van der Waals surface area (Å²) in [5.74, 6) is -0.236. The Kier molecular flexibility index (Phi) is 6.26. The summed E-state index contributed by atoms with van der Waals surface area (Å²) in [6.45, 7) is 7.72. The predicted octanol–water partition coefficient (Wildman–Crippen LogP) is 4.42. The predicted molar refractivity (Wildman–Crippen MR) is 96.4 cm³/mol. The highest BCUT2D eigenvalue weighted by Gasteiger charge is 2.28. The van der Waals surface area contributed by atoms with Crippen LogP contribution in [0.4, 0.5) is 9.18 Å². The second-order valence-corrected chi connectivity index (χ2v) is 8.22. The Morgan fingerprint density at radius 3 is 2.54 bits per heavy atom. The lowest BCUT2D eigenvalue weighted by molar-refractivity contribution is 0.0153. The van der Waals surface area contributed by atoms with Crippen LogP contribution in [0.5, 0.6) is 0 Å². The van der Waals surface area contributed by atoms with Crippen molar-refractivity contribution >= 4 is 22.0 Å². The van der Waals surface area contributed by atoms with Crippen molar-refractivity contribution in [3.8, 4) is 0 Å². The second kappa shape index (κ2) is 7.83. The number of halogens is 2. The first-order valence-corrected chi connectivity index (χ1v) is 9.07. The van der Waals surface area contributed by atoms with Crippen LogP contribution in [0, 0.1) is 5.82 Å². The van der Waals surface area contributed by atoms with E-state index in [1.54, 1.807) is 17.0 Å². The Balaban J connectivity index is 1.85. The molecule has 24 heavy (non-hydrogen) atoms. The molecular weight excluding hydrogens is 375 g/mol. The van der Waals surface area contributed by atoms with Crippen molar-refractivity contribution in [2.24, 2.45) is 0 Å². The van der Waals surface area contributed by atoms with Crippen molar-refractivity contribution in [1.82, 2.24) is 9.80 Å². The van der Waals surface area contributed by atoms with E-state index >= 15 is 0 Å². The number of amides is 1. The molecule has 0 saturated carbocycles. The minimum absolute atomic E-state index is 0.236. The molecular formula is C18H26BrFN2O2. The third kappa shape index (κ3) is 5.45. The van der Waals surface area contributed by atoms with Crippen LogP contribution in [-0.4, -0.2) is 47.7 Å². The lowest BCUT2D eigenvalue weighted by atomic mass is 10.0. The quantitative estimate of drug-likeness (QED) is 0.752. The molecule has 1 aliphatic rings. The maximum absolute atomic E-state index is 13.6. The van der Waals surface area contributed by atoms with Crippen molar-refractivity contribution < 1.29 is 13.9 Å². The molecule has 2 rings (SSSR count). The van der Waals surface area contributed by atoms with Crippen LogP contribution in [0.3, 0.4) is 0 Å². The number of likely N-dealkylation sites (tertiary alicyclic amines) is 1. The van der Waals surface area contributed by atoms with Gasteiger partial charge in [-0.1, -0.05) is 6.07 Å². The van der Waals surface area contributed by atoms with Crippen LogP contribution in [0.25, 0.3) is 0 Å². The van der Waals surface area contributed by atoms with Crippen LogP contribution < -0.4 is 0 Å². The van der Waals surface area contributed by atoms with Crippen LogP contribution in [0.1, 0.15) is 39.2 Å². The standard InChI is InChI=1S/C18H26BrFN2O2/c1-18(2,3)24-17(23)22-9-7-14(8-10-22)21(4)12-13-5-6-15(19)16(20)11-13/h5-6,11,14H,7-10,12H2,1-4H3. The monoisotopic (exact) mass is 400 g/mol. The lowest BCUT2D eigenvalue weighted by Crippen LogP contribution is -2.46. The van der Waals surface area contributed by atoms with Crippen molar-refractivity contribution in [2.45, 2.75) is 51.8 Å². The number of benzene rings is 1. The number of piperidine rings is 1. The molecule has 0 bridgehead atoms. The van der Waals surface area contributed by atoms with E-state index in [9.17, 15) is 9.18 Å². The Hall–Kier alpha value is -1.14. The molecule has 6 heteroatoms. The highest BCUT2D eigenvalue weighted by atomic mass is 79.9. The molecule has 0 aromatic heterocycles. The van der Waals surface area contributed by atoms with E-state index < -0.39 is 5.60 Å². The van der Waals surface area contributed by atoms with Gasteiger partial charge in [0.1, 0.15) is 11.4 Å². The van der Waals surface area contributed by atoms with Crippen LogP contribution in [-0.2, 0) is 11.3 Å². The Bertz CT molecular complexity index is 581. The maximum Gasteiger partial charge on any atom is 0.410 e. The zero-order chi connectivity index (χ0) is 17.9. The van der Waals surface area contributed by atoms with Crippen LogP contribution in [0.15, 0.2) is 22.7 Å². The van der Waals surface area contributed by atoms with Gasteiger partial charge in [0.05, 0.1) is 4.47 Å². The third-order valence-corrected chi connectivity index (χ3v) is 4.80. The molecule has 1 aromatic carbocycles. The van der Waals surface area contributed by atoms with E-state index in [1.807, 2.05) is 33.9 Å². The largest absolute Gasteiger partial charge is 0.444 e. The van der Waals surface area contributed by atoms with E-state index in [1.165, 1.54) is 0 Å². The molecule has 0 aliphatic carbocycles. The molecule has 4 nitrogen and oxygen atoms in total. The van der Waals surface area contributed by atoms with Gasteiger partial charge in [0.2, 0.25) is 0 Å². The summed E-state index contributed by atoms with van der Waals surface area (Å²) in [7, 11) is 2.05. The van der Waals surface area contributed by atoms with Gasteiger partial charge in [-0.2, -0.15) is 0 Å². The SMILES string of the molecule is CN(Cc1ccc(Br)c(F)c1)C1CCN(C(=O)OC(C)(C)C)CC1. The molecule has 1 saturated heterocycles. The molecule has 1 aromatic rings. The molecule has 1 aliphatic heterocycles. The minimum Gasteiger partial charge on any atom is -0.444 e. The van der Waals surface area contributed by atoms with Gasteiger partial charge in [0.15, 0.2) is 0 Å². The van der Waals surface area contributed by atoms with Crippen LogP contribution in [0.2, 0.25) is 0 Å². The molecule has 1 amide bonds. The third-order valence-electron chi connectivity index (χ3n) is 4.16. The van der Waals surface area contributed by atoms with Gasteiger partial charge < -0.3 is 9.64 Å². The summed E-state index contributed by atoms with van der Waals surface area (Å²) >= 11 is 3.18. The number of nitrogens with zero attached hydrogens (tertiary/aromatic N) is 2. The van der Waals surface area contributed by atoms with Gasteiger partial charge in [0.25, 0.3) is 0 Å². The zero-order valence-electron chi connectivity index (χ0n) is 14.8. The summed E-state index contributed by atoms with van der Waals surface area (Å²) in [6, 6.07) is 5.62. The van der Waals surface area contributed by atoms with E-state index in [0.717, 1.165) is 18.4 Å². The van der Waals surface area contributed by atoms with Gasteiger partial charge in [-0.25, -0.2) is 9.18 Å². The summed E-state index contributed by atoms with van der Waals surface area (Å²) in [6.07, 6.45) is 1.56. The first-order valence-electron chi connectivity index (χ1n) is 8.28. The number of ether oxygens (including phenoxy) is 1. The van der Waals surface area contributed by atoms with Crippen molar-refractivity contribution in [2.75, 3.05) is 20.1 Å². The van der Waals surface area contributed by atoms with E-state index in [2.05, 4.69) is 20.8 Å². The van der Waals surface area contributed by atoms with Gasteiger partial charge in [-0.3, -0.25) is 4.90 Å². The fourth-order valence-electron chi connectivity index (χ4n) is 2.87. The molecule has 1 fully saturated rings. The average molecular weight is 401 g/mol. The van der Waals surface area contributed by atoms with Crippen molar-refractivity contribution in [1.29, 1.82) is 0 Å². The number of carbonyl (C=O) groups excluding carboxylic acids is 1. The summed E-state index contributed by atoms with van der Waals surface area (Å²) in [4.78, 5) is 16.1. The highest BCUT2D eigenvalue weighted by molar-refractivity contribution is 9.10. The number of hydrogen-bond acceptors (Lipinski definition) is 3.